The number of hydrogen-bond acceptors (Lipinski definition) is 3. The van der Waals surface area contributed by atoms with E-state index in [0.29, 0.717) is 9.99 Å². The highest BCUT2D eigenvalue weighted by molar-refractivity contribution is 5.76. The quantitative estimate of drug-likeness (QED) is 0.643. The normalized spacial score (nSPS) is 10.5. The predicted octanol–water partition coefficient (Wildman–Crippen LogP) is 2.58. The van der Waals surface area contributed by atoms with E-state index in [4.69, 9.17) is 0 Å². The van der Waals surface area contributed by atoms with Crippen LogP contribution in [0.3, 0.4) is 0 Å². The Hall–Kier alpha value is -3.20. The number of hydrogen-bond donors (Lipinski definition) is 0. The maximum atomic E-state index is 13.3. The molecule has 21 heavy (non-hydrogen) atoms. The van der Waals surface area contributed by atoms with Crippen LogP contribution in [0.1, 0.15) is 5.69 Å². The Labute approximate surface area is 118 Å². The van der Waals surface area contributed by atoms with Crippen molar-refractivity contribution in [2.24, 2.45) is 0 Å². The second-order valence-corrected chi connectivity index (χ2v) is 4.40. The molecule has 0 radical (unpaired) electrons. The summed E-state index contributed by atoms with van der Waals surface area (Å²) in [5, 5.41) is 21.4. The van der Waals surface area contributed by atoms with Crippen LogP contribution in [-0.2, 0) is 0 Å². The third kappa shape index (κ3) is 1.92. The van der Waals surface area contributed by atoms with E-state index in [1.165, 1.54) is 6.07 Å². The number of aromatic nitrogens is 2. The lowest BCUT2D eigenvalue weighted by Gasteiger charge is -2.14. The monoisotopic (exact) mass is 281 g/mol. The van der Waals surface area contributed by atoms with E-state index in [2.05, 4.69) is 0 Å². The lowest BCUT2D eigenvalue weighted by atomic mass is 10.1. The number of benzene rings is 2. The minimum atomic E-state index is -0.650. The molecule has 1 heterocycles. The molecule has 0 saturated heterocycles. The van der Waals surface area contributed by atoms with Crippen molar-refractivity contribution in [3.63, 3.8) is 0 Å². The first-order valence-electron chi connectivity index (χ1n) is 6.07. The van der Waals surface area contributed by atoms with Crippen molar-refractivity contribution in [3.05, 3.63) is 70.2 Å². The Morgan fingerprint density at radius 1 is 1.19 bits per heavy atom. The fourth-order valence-corrected chi connectivity index (χ4v) is 2.21. The van der Waals surface area contributed by atoms with E-state index < -0.39 is 5.82 Å². The fraction of sp³-hybridized carbons (Fsp3) is 0. The van der Waals surface area contributed by atoms with Crippen LogP contribution in [0.2, 0.25) is 0 Å². The lowest BCUT2D eigenvalue weighted by molar-refractivity contribution is -0.452. The summed E-state index contributed by atoms with van der Waals surface area (Å²) in [6.07, 6.45) is 0. The molecule has 0 atom stereocenters. The van der Waals surface area contributed by atoms with Gasteiger partial charge in [-0.2, -0.15) is 5.26 Å². The molecular weight excluding hydrogens is 273 g/mol. The van der Waals surface area contributed by atoms with E-state index in [9.17, 15) is 19.8 Å². The standard InChI is InChI=1S/C15H8FN3O2/c16-11-6-7-12-13(8-11)18(20)14(9-17)15(19(12)21)10-4-2-1-3-5-10/h1-8H. The van der Waals surface area contributed by atoms with Crippen molar-refractivity contribution in [1.82, 2.24) is 4.73 Å². The number of rotatable bonds is 1. The highest BCUT2D eigenvalue weighted by Gasteiger charge is 2.24. The first kappa shape index (κ1) is 12.8. The van der Waals surface area contributed by atoms with Gasteiger partial charge in [0.2, 0.25) is 0 Å². The van der Waals surface area contributed by atoms with Crippen molar-refractivity contribution in [1.29, 1.82) is 5.26 Å². The van der Waals surface area contributed by atoms with E-state index in [1.54, 1.807) is 36.4 Å². The highest BCUT2D eigenvalue weighted by atomic mass is 19.1. The topological polar surface area (TPSA) is 74.8 Å². The molecule has 0 spiro atoms. The highest BCUT2D eigenvalue weighted by Crippen LogP contribution is 2.22. The van der Waals surface area contributed by atoms with Crippen LogP contribution in [0.25, 0.3) is 22.3 Å². The van der Waals surface area contributed by atoms with Crippen LogP contribution in [0.4, 0.5) is 4.39 Å². The molecule has 0 fully saturated rings. The molecule has 102 valence electrons. The fourth-order valence-electron chi connectivity index (χ4n) is 2.21. The Bertz CT molecular complexity index is 943. The van der Waals surface area contributed by atoms with Gasteiger partial charge in [0.25, 0.3) is 5.52 Å². The first-order valence-corrected chi connectivity index (χ1v) is 6.07. The molecule has 0 unspecified atom stereocenters. The van der Waals surface area contributed by atoms with Crippen molar-refractivity contribution < 1.29 is 8.82 Å². The van der Waals surface area contributed by atoms with Gasteiger partial charge in [0.05, 0.1) is 9.99 Å². The van der Waals surface area contributed by atoms with Gasteiger partial charge in [0.1, 0.15) is 17.4 Å². The second-order valence-electron chi connectivity index (χ2n) is 4.40. The molecule has 2 aromatic carbocycles. The molecule has 1 aromatic heterocycles. The van der Waals surface area contributed by atoms with E-state index in [1.807, 2.05) is 0 Å². The van der Waals surface area contributed by atoms with Crippen molar-refractivity contribution in [3.8, 4) is 17.3 Å². The molecule has 0 aliphatic rings. The van der Waals surface area contributed by atoms with Crippen LogP contribution < -0.4 is 4.43 Å². The smallest absolute Gasteiger partial charge is 0.304 e. The summed E-state index contributed by atoms with van der Waals surface area (Å²) in [5.41, 5.74) is -0.146. The Kier molecular flexibility index (Phi) is 2.88. The first-order chi connectivity index (χ1) is 10.1. The van der Waals surface area contributed by atoms with Crippen LogP contribution in [-0.4, -0.2) is 4.73 Å². The molecule has 5 nitrogen and oxygen atoms in total. The summed E-state index contributed by atoms with van der Waals surface area (Å²) in [7, 11) is 0. The van der Waals surface area contributed by atoms with E-state index in [0.717, 1.165) is 12.1 Å². The van der Waals surface area contributed by atoms with Gasteiger partial charge in [0, 0.05) is 17.0 Å². The van der Waals surface area contributed by atoms with Gasteiger partial charge >= 0.3 is 5.69 Å². The maximum absolute atomic E-state index is 13.3. The third-order valence-electron chi connectivity index (χ3n) is 3.16. The maximum Gasteiger partial charge on any atom is 0.304 e. The van der Waals surface area contributed by atoms with Crippen molar-refractivity contribution in [2.75, 3.05) is 0 Å². The minimum absolute atomic E-state index is 0.00394. The molecular formula is C15H8FN3O2. The molecule has 3 aromatic rings. The van der Waals surface area contributed by atoms with Crippen molar-refractivity contribution >= 4 is 11.0 Å². The third-order valence-corrected chi connectivity index (χ3v) is 3.16. The lowest BCUT2D eigenvalue weighted by Crippen LogP contribution is -2.24. The summed E-state index contributed by atoms with van der Waals surface area (Å²) in [6, 6.07) is 13.4. The summed E-state index contributed by atoms with van der Waals surface area (Å²) in [6.45, 7) is 0. The van der Waals surface area contributed by atoms with Gasteiger partial charge in [-0.1, -0.05) is 18.2 Å². The Morgan fingerprint density at radius 2 is 1.90 bits per heavy atom. The summed E-state index contributed by atoms with van der Waals surface area (Å²) >= 11 is 0. The molecule has 6 heteroatoms. The van der Waals surface area contributed by atoms with Gasteiger partial charge in [-0.3, -0.25) is 0 Å². The minimum Gasteiger partial charge on any atom is -0.804 e. The summed E-state index contributed by atoms with van der Waals surface area (Å²) in [4.78, 5) is 12.5. The largest absolute Gasteiger partial charge is 0.804 e. The molecule has 0 amide bonds. The van der Waals surface area contributed by atoms with Gasteiger partial charge in [0.15, 0.2) is 5.69 Å². The van der Waals surface area contributed by atoms with Crippen LogP contribution in [0.5, 0.6) is 0 Å². The zero-order chi connectivity index (χ0) is 15.0. The predicted molar refractivity (Wildman–Crippen MR) is 74.2 cm³/mol. The van der Waals surface area contributed by atoms with Gasteiger partial charge in [-0.05, 0) is 18.2 Å². The average molecular weight is 281 g/mol. The summed E-state index contributed by atoms with van der Waals surface area (Å²) in [5.74, 6) is -0.650. The zero-order valence-electron chi connectivity index (χ0n) is 10.7. The molecule has 0 bridgehead atoms. The SMILES string of the molecule is N#Cc1c(-c2ccccc2)[n+](=O)c2ccc(F)cc2n1[O-]. The average Bonchev–Trinajstić information content (AvgIpc) is 2.51. The van der Waals surface area contributed by atoms with Crippen LogP contribution in [0.15, 0.2) is 48.5 Å². The molecule has 0 aliphatic heterocycles. The second kappa shape index (κ2) is 4.72. The Morgan fingerprint density at radius 3 is 2.57 bits per heavy atom. The number of nitrogens with zero attached hydrogens (tertiary/aromatic N) is 3. The van der Waals surface area contributed by atoms with Gasteiger partial charge in [-0.25, -0.2) is 4.39 Å². The molecule has 0 N–H and O–H groups in total. The van der Waals surface area contributed by atoms with E-state index in [-0.39, 0.29) is 27.2 Å². The van der Waals surface area contributed by atoms with Gasteiger partial charge in [-0.15, -0.1) is 0 Å². The molecule has 0 saturated carbocycles. The Balaban J connectivity index is 2.52. The van der Waals surface area contributed by atoms with Crippen molar-refractivity contribution in [2.45, 2.75) is 0 Å². The van der Waals surface area contributed by atoms with Crippen LogP contribution >= 0.6 is 0 Å². The van der Waals surface area contributed by atoms with Crippen LogP contribution in [0, 0.1) is 27.3 Å². The summed E-state index contributed by atoms with van der Waals surface area (Å²) < 4.78 is 14.0. The number of fused-ring (bicyclic) bond motifs is 1. The zero-order valence-corrected chi connectivity index (χ0v) is 10.7. The number of nitriles is 1. The van der Waals surface area contributed by atoms with Gasteiger partial charge < -0.3 is 9.94 Å². The number of halogens is 1. The molecule has 0 aliphatic carbocycles. The van der Waals surface area contributed by atoms with E-state index >= 15 is 0 Å². The molecule has 3 rings (SSSR count).